The molecule has 0 saturated carbocycles. The van der Waals surface area contributed by atoms with Crippen LogP contribution in [0.25, 0.3) is 0 Å². The SMILES string of the molecule is CCCc1cc(=S)nc(C2CCCO2)[nH]1. The lowest BCUT2D eigenvalue weighted by Gasteiger charge is -2.10. The van der Waals surface area contributed by atoms with Crippen molar-refractivity contribution in [3.05, 3.63) is 22.2 Å². The predicted octanol–water partition coefficient (Wildman–Crippen LogP) is 2.94. The average molecular weight is 224 g/mol. The van der Waals surface area contributed by atoms with E-state index in [-0.39, 0.29) is 6.10 Å². The summed E-state index contributed by atoms with van der Waals surface area (Å²) in [7, 11) is 0. The van der Waals surface area contributed by atoms with E-state index in [1.807, 2.05) is 6.07 Å². The number of aromatic nitrogens is 2. The van der Waals surface area contributed by atoms with Crippen LogP contribution in [0.5, 0.6) is 0 Å². The molecule has 1 atom stereocenters. The van der Waals surface area contributed by atoms with Crippen LogP contribution < -0.4 is 0 Å². The molecule has 0 aromatic carbocycles. The van der Waals surface area contributed by atoms with Crippen molar-refractivity contribution in [2.45, 2.75) is 38.7 Å². The van der Waals surface area contributed by atoms with Gasteiger partial charge in [0.2, 0.25) is 0 Å². The number of aryl methyl sites for hydroxylation is 1. The van der Waals surface area contributed by atoms with Gasteiger partial charge in [-0.1, -0.05) is 25.6 Å². The van der Waals surface area contributed by atoms with Gasteiger partial charge in [-0.05, 0) is 25.3 Å². The van der Waals surface area contributed by atoms with Crippen LogP contribution >= 0.6 is 12.2 Å². The fourth-order valence-corrected chi connectivity index (χ4v) is 2.12. The highest BCUT2D eigenvalue weighted by Gasteiger charge is 2.19. The van der Waals surface area contributed by atoms with Crippen LogP contribution in [0.2, 0.25) is 0 Å². The Balaban J connectivity index is 2.26. The zero-order valence-electron chi connectivity index (χ0n) is 8.95. The summed E-state index contributed by atoms with van der Waals surface area (Å²) >= 11 is 5.15. The van der Waals surface area contributed by atoms with E-state index in [9.17, 15) is 0 Å². The molecule has 3 nitrogen and oxygen atoms in total. The minimum atomic E-state index is 0.128. The summed E-state index contributed by atoms with van der Waals surface area (Å²) in [5, 5.41) is 0. The van der Waals surface area contributed by atoms with Crippen molar-refractivity contribution in [2.24, 2.45) is 0 Å². The highest BCUT2D eigenvalue weighted by molar-refractivity contribution is 7.71. The average Bonchev–Trinajstić information content (AvgIpc) is 2.70. The molecule has 1 aliphatic heterocycles. The third-order valence-corrected chi connectivity index (χ3v) is 2.78. The molecular formula is C11H16N2OS. The lowest BCUT2D eigenvalue weighted by atomic mass is 10.2. The highest BCUT2D eigenvalue weighted by Crippen LogP contribution is 2.25. The second kappa shape index (κ2) is 4.86. The number of hydrogen-bond donors (Lipinski definition) is 1. The summed E-state index contributed by atoms with van der Waals surface area (Å²) in [5.74, 6) is 0.906. The first-order valence-electron chi connectivity index (χ1n) is 5.51. The molecule has 2 heterocycles. The van der Waals surface area contributed by atoms with Crippen LogP contribution in [-0.2, 0) is 11.2 Å². The molecular weight excluding hydrogens is 208 g/mol. The molecule has 0 spiro atoms. The normalized spacial score (nSPS) is 20.7. The van der Waals surface area contributed by atoms with E-state index >= 15 is 0 Å². The monoisotopic (exact) mass is 224 g/mol. The zero-order chi connectivity index (χ0) is 10.7. The second-order valence-corrected chi connectivity index (χ2v) is 4.30. The summed E-state index contributed by atoms with van der Waals surface area (Å²) in [6.07, 6.45) is 4.42. The fourth-order valence-electron chi connectivity index (χ4n) is 1.88. The molecule has 1 fully saturated rings. The van der Waals surface area contributed by atoms with Crippen molar-refractivity contribution in [3.63, 3.8) is 0 Å². The van der Waals surface area contributed by atoms with Crippen molar-refractivity contribution in [1.29, 1.82) is 0 Å². The van der Waals surface area contributed by atoms with E-state index in [1.165, 1.54) is 5.69 Å². The van der Waals surface area contributed by atoms with Crippen molar-refractivity contribution in [2.75, 3.05) is 6.61 Å². The van der Waals surface area contributed by atoms with Gasteiger partial charge in [0.05, 0.1) is 0 Å². The van der Waals surface area contributed by atoms with E-state index in [0.717, 1.165) is 38.1 Å². The van der Waals surface area contributed by atoms with Gasteiger partial charge in [-0.25, -0.2) is 4.98 Å². The number of H-pyrrole nitrogens is 1. The molecule has 1 aromatic rings. The lowest BCUT2D eigenvalue weighted by Crippen LogP contribution is -2.05. The number of nitrogens with one attached hydrogen (secondary N) is 1. The number of rotatable bonds is 3. The van der Waals surface area contributed by atoms with Gasteiger partial charge in [0.15, 0.2) is 0 Å². The van der Waals surface area contributed by atoms with Crippen LogP contribution in [0, 0.1) is 4.64 Å². The van der Waals surface area contributed by atoms with Crippen LogP contribution in [-0.4, -0.2) is 16.6 Å². The second-order valence-electron chi connectivity index (χ2n) is 3.88. The number of aromatic amines is 1. The standard InChI is InChI=1S/C11H16N2OS/c1-2-4-8-7-10(15)13-11(12-8)9-5-3-6-14-9/h7,9H,2-6H2,1H3,(H,12,13,15). The molecule has 0 amide bonds. The Labute approximate surface area is 94.9 Å². The molecule has 82 valence electrons. The van der Waals surface area contributed by atoms with Gasteiger partial charge in [-0.15, -0.1) is 0 Å². The molecule has 1 aromatic heterocycles. The van der Waals surface area contributed by atoms with Crippen molar-refractivity contribution < 1.29 is 4.74 Å². The molecule has 0 aliphatic carbocycles. The summed E-state index contributed by atoms with van der Waals surface area (Å²) in [6.45, 7) is 2.99. The summed E-state index contributed by atoms with van der Waals surface area (Å²) < 4.78 is 6.26. The van der Waals surface area contributed by atoms with E-state index < -0.39 is 0 Å². The van der Waals surface area contributed by atoms with Crippen molar-refractivity contribution >= 4 is 12.2 Å². The summed E-state index contributed by atoms with van der Waals surface area (Å²) in [6, 6.07) is 1.94. The summed E-state index contributed by atoms with van der Waals surface area (Å²) in [5.41, 5.74) is 1.17. The maximum atomic E-state index is 5.59. The van der Waals surface area contributed by atoms with Gasteiger partial charge in [0.25, 0.3) is 0 Å². The highest BCUT2D eigenvalue weighted by atomic mass is 32.1. The third kappa shape index (κ3) is 2.63. The Kier molecular flexibility index (Phi) is 3.49. The van der Waals surface area contributed by atoms with Crippen LogP contribution in [0.1, 0.15) is 43.8 Å². The van der Waals surface area contributed by atoms with E-state index in [4.69, 9.17) is 17.0 Å². The van der Waals surface area contributed by atoms with E-state index in [1.54, 1.807) is 0 Å². The molecule has 1 N–H and O–H groups in total. The Bertz CT molecular complexity index is 382. The predicted molar refractivity (Wildman–Crippen MR) is 61.3 cm³/mol. The maximum Gasteiger partial charge on any atom is 0.137 e. The smallest absolute Gasteiger partial charge is 0.137 e. The van der Waals surface area contributed by atoms with Crippen molar-refractivity contribution in [1.82, 2.24) is 9.97 Å². The molecule has 1 saturated heterocycles. The first-order chi connectivity index (χ1) is 7.29. The van der Waals surface area contributed by atoms with E-state index in [0.29, 0.717) is 4.64 Å². The van der Waals surface area contributed by atoms with Gasteiger partial charge in [-0.3, -0.25) is 0 Å². The topological polar surface area (TPSA) is 37.9 Å². The Hall–Kier alpha value is -0.740. The van der Waals surface area contributed by atoms with Crippen LogP contribution in [0.4, 0.5) is 0 Å². The molecule has 1 unspecified atom stereocenters. The zero-order valence-corrected chi connectivity index (χ0v) is 9.77. The maximum absolute atomic E-state index is 5.59. The van der Waals surface area contributed by atoms with Gasteiger partial charge in [0, 0.05) is 12.3 Å². The largest absolute Gasteiger partial charge is 0.370 e. The molecule has 0 bridgehead atoms. The van der Waals surface area contributed by atoms with Gasteiger partial charge < -0.3 is 9.72 Å². The number of hydrogen-bond acceptors (Lipinski definition) is 3. The van der Waals surface area contributed by atoms with Gasteiger partial charge in [0.1, 0.15) is 16.6 Å². The Morgan fingerprint density at radius 3 is 3.20 bits per heavy atom. The quantitative estimate of drug-likeness (QED) is 0.802. The summed E-state index contributed by atoms with van der Waals surface area (Å²) in [4.78, 5) is 7.66. The Morgan fingerprint density at radius 1 is 1.67 bits per heavy atom. The molecule has 1 aliphatic rings. The molecule has 0 radical (unpaired) electrons. The Morgan fingerprint density at radius 2 is 2.53 bits per heavy atom. The number of nitrogens with zero attached hydrogens (tertiary/aromatic N) is 1. The molecule has 4 heteroatoms. The molecule has 2 rings (SSSR count). The minimum Gasteiger partial charge on any atom is -0.370 e. The lowest BCUT2D eigenvalue weighted by molar-refractivity contribution is 0.104. The molecule has 15 heavy (non-hydrogen) atoms. The van der Waals surface area contributed by atoms with E-state index in [2.05, 4.69) is 16.9 Å². The van der Waals surface area contributed by atoms with Gasteiger partial charge >= 0.3 is 0 Å². The van der Waals surface area contributed by atoms with Crippen molar-refractivity contribution in [3.8, 4) is 0 Å². The van der Waals surface area contributed by atoms with Crippen LogP contribution in [0.15, 0.2) is 6.07 Å². The number of ether oxygens (including phenoxy) is 1. The minimum absolute atomic E-state index is 0.128. The van der Waals surface area contributed by atoms with Crippen LogP contribution in [0.3, 0.4) is 0 Å². The first kappa shape index (κ1) is 10.8. The third-order valence-electron chi connectivity index (χ3n) is 2.57. The van der Waals surface area contributed by atoms with Gasteiger partial charge in [-0.2, -0.15) is 0 Å². The first-order valence-corrected chi connectivity index (χ1v) is 5.92. The fraction of sp³-hybridized carbons (Fsp3) is 0.636.